The van der Waals surface area contributed by atoms with Crippen molar-refractivity contribution in [2.24, 2.45) is 5.92 Å². The summed E-state index contributed by atoms with van der Waals surface area (Å²) in [6, 6.07) is -1.04. The molecule has 94 valence electrons. The van der Waals surface area contributed by atoms with E-state index in [1.165, 1.54) is 0 Å². The van der Waals surface area contributed by atoms with E-state index in [1.54, 1.807) is 13.8 Å². The zero-order chi connectivity index (χ0) is 12.9. The van der Waals surface area contributed by atoms with Gasteiger partial charge in [-0.1, -0.05) is 48.7 Å². The Labute approximate surface area is 108 Å². The fraction of sp³-hybridized carbons (Fsp3) is 0.750. The molecular weight excluding hydrogens is 280 g/mol. The maximum absolute atomic E-state index is 11.1. The van der Waals surface area contributed by atoms with Gasteiger partial charge in [-0.25, -0.2) is 9.59 Å². The maximum Gasteiger partial charge on any atom is 0.408 e. The lowest BCUT2D eigenvalue weighted by molar-refractivity contribution is -0.140. The van der Waals surface area contributed by atoms with Crippen LogP contribution in [0.4, 0.5) is 4.79 Å². The smallest absolute Gasteiger partial charge is 0.408 e. The number of carboxylic acids is 1. The molecule has 0 saturated heterocycles. The van der Waals surface area contributed by atoms with E-state index in [0.29, 0.717) is 0 Å². The molecule has 0 aromatic heterocycles. The minimum Gasteiger partial charge on any atom is -0.480 e. The molecule has 0 aliphatic rings. The van der Waals surface area contributed by atoms with Crippen LogP contribution in [0, 0.1) is 5.92 Å². The highest BCUT2D eigenvalue weighted by atomic mass is 35.6. The van der Waals surface area contributed by atoms with Gasteiger partial charge >= 0.3 is 12.1 Å². The molecule has 5 nitrogen and oxygen atoms in total. The topological polar surface area (TPSA) is 75.6 Å². The Morgan fingerprint density at radius 3 is 2.19 bits per heavy atom. The average Bonchev–Trinajstić information content (AvgIpc) is 2.08. The van der Waals surface area contributed by atoms with Crippen LogP contribution >= 0.6 is 34.8 Å². The highest BCUT2D eigenvalue weighted by molar-refractivity contribution is 6.67. The van der Waals surface area contributed by atoms with Crippen molar-refractivity contribution in [1.29, 1.82) is 0 Å². The zero-order valence-corrected chi connectivity index (χ0v) is 10.9. The van der Waals surface area contributed by atoms with Crippen LogP contribution < -0.4 is 5.32 Å². The number of alkyl halides is 3. The lowest BCUT2D eigenvalue weighted by atomic mass is 10.1. The third kappa shape index (κ3) is 6.98. The van der Waals surface area contributed by atoms with E-state index in [0.717, 1.165) is 0 Å². The van der Waals surface area contributed by atoms with Crippen molar-refractivity contribution >= 4 is 46.9 Å². The van der Waals surface area contributed by atoms with Crippen molar-refractivity contribution in [3.63, 3.8) is 0 Å². The summed E-state index contributed by atoms with van der Waals surface area (Å²) in [7, 11) is 0. The predicted octanol–water partition coefficient (Wildman–Crippen LogP) is 2.19. The summed E-state index contributed by atoms with van der Waals surface area (Å²) in [5, 5.41) is 10.9. The average molecular weight is 293 g/mol. The van der Waals surface area contributed by atoms with Gasteiger partial charge in [0.25, 0.3) is 0 Å². The molecule has 0 heterocycles. The maximum atomic E-state index is 11.1. The molecule has 2 N–H and O–H groups in total. The molecule has 1 amide bonds. The zero-order valence-electron chi connectivity index (χ0n) is 8.67. The summed E-state index contributed by atoms with van der Waals surface area (Å²) in [6.07, 6.45) is -0.938. The molecule has 8 heteroatoms. The Morgan fingerprint density at radius 2 is 1.88 bits per heavy atom. The number of ether oxygens (including phenoxy) is 1. The predicted molar refractivity (Wildman–Crippen MR) is 61.0 cm³/mol. The number of carbonyl (C=O) groups is 2. The number of rotatable bonds is 4. The Morgan fingerprint density at radius 1 is 1.38 bits per heavy atom. The van der Waals surface area contributed by atoms with Gasteiger partial charge in [-0.2, -0.15) is 0 Å². The Balaban J connectivity index is 4.17. The first kappa shape index (κ1) is 15.6. The van der Waals surface area contributed by atoms with Crippen LogP contribution in [0.3, 0.4) is 0 Å². The highest BCUT2D eigenvalue weighted by Gasteiger charge is 2.26. The molecule has 0 radical (unpaired) electrons. The van der Waals surface area contributed by atoms with E-state index in [4.69, 9.17) is 39.9 Å². The second kappa shape index (κ2) is 6.37. The van der Waals surface area contributed by atoms with Crippen LogP contribution in [0.5, 0.6) is 0 Å². The van der Waals surface area contributed by atoms with E-state index >= 15 is 0 Å². The molecule has 16 heavy (non-hydrogen) atoms. The fourth-order valence-electron chi connectivity index (χ4n) is 0.830. The van der Waals surface area contributed by atoms with Gasteiger partial charge in [0.15, 0.2) is 0 Å². The molecule has 0 saturated carbocycles. The van der Waals surface area contributed by atoms with Crippen LogP contribution in [0.25, 0.3) is 0 Å². The van der Waals surface area contributed by atoms with Crippen LogP contribution in [0.1, 0.15) is 13.8 Å². The largest absolute Gasteiger partial charge is 0.480 e. The third-order valence-electron chi connectivity index (χ3n) is 1.57. The number of hydrogen-bond acceptors (Lipinski definition) is 3. The number of alkyl carbamates (subject to hydrolysis) is 1. The number of carboxylic acid groups (broad SMARTS) is 1. The number of nitrogens with one attached hydrogen (secondary N) is 1. The van der Waals surface area contributed by atoms with Crippen LogP contribution in [-0.2, 0) is 9.53 Å². The first-order valence-corrected chi connectivity index (χ1v) is 5.49. The molecule has 0 aromatic rings. The van der Waals surface area contributed by atoms with E-state index in [2.05, 4.69) is 10.1 Å². The number of carbonyl (C=O) groups excluding carboxylic acids is 1. The minimum atomic E-state index is -1.71. The Bertz CT molecular complexity index is 264. The van der Waals surface area contributed by atoms with Crippen molar-refractivity contribution in [1.82, 2.24) is 5.32 Å². The standard InChI is InChI=1S/C8H12Cl3NO4/c1-4(2)5(6(13)14)12-7(15)16-3-8(9,10)11/h4-5H,3H2,1-2H3,(H,12,15)(H,13,14)/t5-/m0/s1. The van der Waals surface area contributed by atoms with E-state index in [9.17, 15) is 9.59 Å². The SMILES string of the molecule is CC(C)[C@H](NC(=O)OCC(Cl)(Cl)Cl)C(=O)O. The molecule has 0 aliphatic carbocycles. The number of amides is 1. The van der Waals surface area contributed by atoms with Crippen molar-refractivity contribution < 1.29 is 19.4 Å². The molecule has 0 aliphatic heterocycles. The first-order chi connectivity index (χ1) is 7.13. The van der Waals surface area contributed by atoms with E-state index in [-0.39, 0.29) is 5.92 Å². The van der Waals surface area contributed by atoms with Crippen molar-refractivity contribution in [3.05, 3.63) is 0 Å². The van der Waals surface area contributed by atoms with E-state index < -0.39 is 28.5 Å². The Hall–Kier alpha value is -0.390. The summed E-state index contributed by atoms with van der Waals surface area (Å²) < 4.78 is 2.81. The van der Waals surface area contributed by atoms with Gasteiger partial charge in [0.05, 0.1) is 0 Å². The van der Waals surface area contributed by atoms with Gasteiger partial charge in [0.2, 0.25) is 3.79 Å². The summed E-state index contributed by atoms with van der Waals surface area (Å²) in [4.78, 5) is 21.9. The highest BCUT2D eigenvalue weighted by Crippen LogP contribution is 2.25. The summed E-state index contributed by atoms with van der Waals surface area (Å²) in [5.74, 6) is -1.43. The molecule has 0 spiro atoms. The molecule has 0 bridgehead atoms. The third-order valence-corrected chi connectivity index (χ3v) is 1.90. The lowest BCUT2D eigenvalue weighted by Gasteiger charge is -2.18. The van der Waals surface area contributed by atoms with Gasteiger partial charge in [-0.15, -0.1) is 0 Å². The normalized spacial score (nSPS) is 13.4. The first-order valence-electron chi connectivity index (χ1n) is 4.36. The lowest BCUT2D eigenvalue weighted by Crippen LogP contribution is -2.45. The van der Waals surface area contributed by atoms with Gasteiger partial charge in [0, 0.05) is 0 Å². The minimum absolute atomic E-state index is 0.280. The summed E-state index contributed by atoms with van der Waals surface area (Å²) >= 11 is 16.0. The molecular formula is C8H12Cl3NO4. The van der Waals surface area contributed by atoms with Crippen LogP contribution in [0.2, 0.25) is 0 Å². The van der Waals surface area contributed by atoms with Gasteiger partial charge in [-0.3, -0.25) is 0 Å². The van der Waals surface area contributed by atoms with Crippen molar-refractivity contribution in [3.8, 4) is 0 Å². The van der Waals surface area contributed by atoms with Crippen LogP contribution in [0.15, 0.2) is 0 Å². The molecule has 0 rings (SSSR count). The van der Waals surface area contributed by atoms with Crippen molar-refractivity contribution in [2.45, 2.75) is 23.7 Å². The van der Waals surface area contributed by atoms with E-state index in [1.807, 2.05) is 0 Å². The monoisotopic (exact) mass is 291 g/mol. The van der Waals surface area contributed by atoms with Gasteiger partial charge in [-0.05, 0) is 5.92 Å². The van der Waals surface area contributed by atoms with Crippen LogP contribution in [-0.4, -0.2) is 33.6 Å². The molecule has 0 fully saturated rings. The second-order valence-electron chi connectivity index (χ2n) is 3.40. The number of aliphatic carboxylic acids is 1. The second-order valence-corrected chi connectivity index (χ2v) is 5.91. The number of hydrogen-bond donors (Lipinski definition) is 2. The Kier molecular flexibility index (Phi) is 6.22. The van der Waals surface area contributed by atoms with Gasteiger partial charge in [0.1, 0.15) is 12.6 Å². The van der Waals surface area contributed by atoms with Crippen molar-refractivity contribution in [2.75, 3.05) is 6.61 Å². The van der Waals surface area contributed by atoms with Gasteiger partial charge < -0.3 is 15.2 Å². The quantitative estimate of drug-likeness (QED) is 0.779. The summed E-state index contributed by atoms with van der Waals surface area (Å²) in [6.45, 7) is 2.84. The molecule has 1 atom stereocenters. The number of halogens is 3. The molecule has 0 unspecified atom stereocenters. The summed E-state index contributed by atoms with van der Waals surface area (Å²) in [5.41, 5.74) is 0. The fourth-order valence-corrected chi connectivity index (χ4v) is 0.993. The molecule has 0 aromatic carbocycles.